The van der Waals surface area contributed by atoms with E-state index in [1.807, 2.05) is 45.0 Å². The van der Waals surface area contributed by atoms with Gasteiger partial charge in [0.25, 0.3) is 0 Å². The Morgan fingerprint density at radius 1 is 1.21 bits per heavy atom. The average Bonchev–Trinajstić information content (AvgIpc) is 2.74. The summed E-state index contributed by atoms with van der Waals surface area (Å²) in [5.74, 6) is -2.63. The van der Waals surface area contributed by atoms with Crippen molar-refractivity contribution in [3.8, 4) is 0 Å². The van der Waals surface area contributed by atoms with Crippen LogP contribution in [0.25, 0.3) is 0 Å². The first-order valence-corrected chi connectivity index (χ1v) is 11.8. The van der Waals surface area contributed by atoms with Crippen LogP contribution in [-0.4, -0.2) is 83.0 Å². The van der Waals surface area contributed by atoms with Crippen molar-refractivity contribution in [3.05, 3.63) is 35.4 Å². The van der Waals surface area contributed by atoms with Gasteiger partial charge in [-0.1, -0.05) is 36.8 Å². The normalized spacial score (nSPS) is 42.8. The minimum Gasteiger partial charge on any atom is -0.391 e. The molecule has 0 spiro atoms. The van der Waals surface area contributed by atoms with Crippen molar-refractivity contribution in [2.45, 2.75) is 94.7 Å². The lowest BCUT2D eigenvalue weighted by Crippen LogP contribution is -2.77. The first kappa shape index (κ1) is 24.5. The van der Waals surface area contributed by atoms with Crippen molar-refractivity contribution in [2.24, 2.45) is 5.92 Å². The van der Waals surface area contributed by atoms with E-state index in [0.717, 1.165) is 11.1 Å². The fourth-order valence-electron chi connectivity index (χ4n) is 5.49. The van der Waals surface area contributed by atoms with Gasteiger partial charge in [-0.25, -0.2) is 0 Å². The number of hydrogen-bond acceptors (Lipinski definition) is 8. The lowest BCUT2D eigenvalue weighted by Gasteiger charge is -2.58. The largest absolute Gasteiger partial charge is 0.391 e. The van der Waals surface area contributed by atoms with Crippen LogP contribution in [0.4, 0.5) is 0 Å². The Labute approximate surface area is 194 Å². The van der Waals surface area contributed by atoms with Crippen LogP contribution in [0, 0.1) is 12.8 Å². The Hall–Kier alpha value is -1.59. The Kier molecular flexibility index (Phi) is 7.12. The summed E-state index contributed by atoms with van der Waals surface area (Å²) in [6.45, 7) is 5.69. The zero-order chi connectivity index (χ0) is 23.9. The lowest BCUT2D eigenvalue weighted by molar-refractivity contribution is -0.450. The van der Waals surface area contributed by atoms with Gasteiger partial charge in [-0.2, -0.15) is 0 Å². The van der Waals surface area contributed by atoms with Gasteiger partial charge in [0.15, 0.2) is 0 Å². The van der Waals surface area contributed by atoms with E-state index < -0.39 is 54.5 Å². The molecule has 0 bridgehead atoms. The highest BCUT2D eigenvalue weighted by Gasteiger charge is 2.63. The fourth-order valence-corrected chi connectivity index (χ4v) is 5.49. The molecule has 1 amide bonds. The molecular weight excluding hydrogens is 428 g/mol. The van der Waals surface area contributed by atoms with Gasteiger partial charge < -0.3 is 40.2 Å². The Balaban J connectivity index is 1.55. The van der Waals surface area contributed by atoms with Crippen molar-refractivity contribution in [3.63, 3.8) is 0 Å². The summed E-state index contributed by atoms with van der Waals surface area (Å²) in [5, 5.41) is 39.3. The molecule has 184 valence electrons. The first-order valence-electron chi connectivity index (χ1n) is 11.8. The lowest BCUT2D eigenvalue weighted by atomic mass is 9.74. The second kappa shape index (κ2) is 9.58. The molecule has 1 aliphatic carbocycles. The summed E-state index contributed by atoms with van der Waals surface area (Å²) in [6.07, 6.45) is -3.98. The topological polar surface area (TPSA) is 130 Å². The monoisotopic (exact) mass is 464 g/mol. The Bertz CT molecular complexity index is 854. The molecule has 2 heterocycles. The predicted octanol–water partition coefficient (Wildman–Crippen LogP) is -0.0206. The molecule has 0 aromatic heterocycles. The van der Waals surface area contributed by atoms with Gasteiger partial charge in [0.1, 0.15) is 12.2 Å². The summed E-state index contributed by atoms with van der Waals surface area (Å²) in [4.78, 5) is 12.9. The van der Waals surface area contributed by atoms with E-state index in [1.54, 1.807) is 7.05 Å². The quantitative estimate of drug-likeness (QED) is 0.411. The van der Waals surface area contributed by atoms with Crippen molar-refractivity contribution >= 4 is 5.91 Å². The minimum absolute atomic E-state index is 0.163. The fraction of sp³-hybridized carbons (Fsp3) is 0.708. The molecule has 4 rings (SSSR count). The van der Waals surface area contributed by atoms with E-state index in [-0.39, 0.29) is 18.4 Å². The molecule has 9 nitrogen and oxygen atoms in total. The molecule has 1 aromatic rings. The number of aliphatic hydroxyl groups excluding tert-OH is 2. The van der Waals surface area contributed by atoms with Crippen molar-refractivity contribution < 1.29 is 34.3 Å². The third-order valence-electron chi connectivity index (χ3n) is 7.21. The number of fused-ring (bicyclic) bond motifs is 2. The maximum absolute atomic E-state index is 12.9. The van der Waals surface area contributed by atoms with Crippen molar-refractivity contribution in [1.82, 2.24) is 10.6 Å². The van der Waals surface area contributed by atoms with Gasteiger partial charge in [-0.3, -0.25) is 4.79 Å². The molecule has 1 saturated carbocycles. The van der Waals surface area contributed by atoms with Gasteiger partial charge in [0, 0.05) is 5.92 Å². The second-order valence-corrected chi connectivity index (χ2v) is 9.60. The molecule has 33 heavy (non-hydrogen) atoms. The number of benzene rings is 1. The molecule has 3 fully saturated rings. The van der Waals surface area contributed by atoms with Crippen LogP contribution in [-0.2, 0) is 25.4 Å². The third kappa shape index (κ3) is 4.55. The molecule has 3 unspecified atom stereocenters. The van der Waals surface area contributed by atoms with E-state index in [1.165, 1.54) is 0 Å². The van der Waals surface area contributed by atoms with E-state index in [2.05, 4.69) is 10.6 Å². The van der Waals surface area contributed by atoms with Gasteiger partial charge in [-0.15, -0.1) is 0 Å². The highest BCUT2D eigenvalue weighted by atomic mass is 16.8. The molecule has 2 saturated heterocycles. The van der Waals surface area contributed by atoms with Crippen molar-refractivity contribution in [2.75, 3.05) is 7.05 Å². The molecule has 10 atom stereocenters. The molecule has 2 aliphatic heterocycles. The number of carbonyl (C=O) groups excluding carboxylic acids is 1. The molecule has 3 aliphatic rings. The van der Waals surface area contributed by atoms with Crippen molar-refractivity contribution in [1.29, 1.82) is 0 Å². The van der Waals surface area contributed by atoms with Crippen LogP contribution in [0.3, 0.4) is 0 Å². The summed E-state index contributed by atoms with van der Waals surface area (Å²) in [7, 11) is 1.69. The highest BCUT2D eigenvalue weighted by molar-refractivity contribution is 5.79. The van der Waals surface area contributed by atoms with Crippen LogP contribution < -0.4 is 10.6 Å². The number of likely N-dealkylation sites (N-methyl/N-ethyl adjacent to an activating group) is 1. The maximum Gasteiger partial charge on any atom is 0.239 e. The highest BCUT2D eigenvalue weighted by Crippen LogP contribution is 2.43. The molecular formula is C24H36N2O7. The summed E-state index contributed by atoms with van der Waals surface area (Å²) in [6, 6.07) is 6.33. The van der Waals surface area contributed by atoms with Crippen LogP contribution in [0.1, 0.15) is 37.8 Å². The smallest absolute Gasteiger partial charge is 0.239 e. The van der Waals surface area contributed by atoms with Crippen LogP contribution in [0.5, 0.6) is 0 Å². The van der Waals surface area contributed by atoms with E-state index >= 15 is 0 Å². The predicted molar refractivity (Wildman–Crippen MR) is 119 cm³/mol. The van der Waals surface area contributed by atoms with E-state index in [4.69, 9.17) is 14.2 Å². The van der Waals surface area contributed by atoms with Gasteiger partial charge >= 0.3 is 0 Å². The van der Waals surface area contributed by atoms with Crippen LogP contribution in [0.15, 0.2) is 24.3 Å². The number of ether oxygens (including phenoxy) is 3. The summed E-state index contributed by atoms with van der Waals surface area (Å²) < 4.78 is 18.1. The second-order valence-electron chi connectivity index (χ2n) is 9.60. The summed E-state index contributed by atoms with van der Waals surface area (Å²) >= 11 is 0. The van der Waals surface area contributed by atoms with Gasteiger partial charge in [0.2, 0.25) is 18.0 Å². The van der Waals surface area contributed by atoms with E-state index in [9.17, 15) is 20.1 Å². The number of rotatable bonds is 5. The summed E-state index contributed by atoms with van der Waals surface area (Å²) in [5.41, 5.74) is 1.93. The van der Waals surface area contributed by atoms with Crippen LogP contribution >= 0.6 is 0 Å². The zero-order valence-corrected chi connectivity index (χ0v) is 19.6. The number of nitrogens with one attached hydrogen (secondary N) is 2. The van der Waals surface area contributed by atoms with Gasteiger partial charge in [-0.05, 0) is 39.3 Å². The minimum atomic E-state index is -1.97. The maximum atomic E-state index is 12.9. The van der Waals surface area contributed by atoms with E-state index in [0.29, 0.717) is 12.8 Å². The molecule has 9 heteroatoms. The average molecular weight is 465 g/mol. The molecule has 1 aromatic carbocycles. The first-order chi connectivity index (χ1) is 15.7. The molecule has 0 radical (unpaired) electrons. The number of carbonyl (C=O) groups is 1. The van der Waals surface area contributed by atoms with Gasteiger partial charge in [0.05, 0.1) is 36.8 Å². The SMILES string of the molecule is CC[C@@H]1[C@H](O)[C@H](NC)C2O[C@]3(O)C(OC2[C@@H]1O)O[C@H](C)C[C@H]3NC(=O)Cc1cccc(C)c1. The number of hydrogen-bond donors (Lipinski definition) is 5. The number of amides is 1. The Morgan fingerprint density at radius 2 is 1.97 bits per heavy atom. The number of aliphatic hydroxyl groups is 3. The Morgan fingerprint density at radius 3 is 2.64 bits per heavy atom. The molecule has 5 N–H and O–H groups in total. The number of aryl methyl sites for hydroxylation is 1. The van der Waals surface area contributed by atoms with Crippen LogP contribution in [0.2, 0.25) is 0 Å². The third-order valence-corrected chi connectivity index (χ3v) is 7.21. The standard InChI is InChI=1S/C24H36N2O7/c1-5-15-19(28)18(25-4)21-22(20(15)29)32-23-24(30,33-21)16(10-13(3)31-23)26-17(27)11-14-8-6-7-12(2)9-14/h6-9,13,15-16,18-23,25,28-30H,5,10-11H2,1-4H3,(H,26,27)/t13-,15-,16-,18+,19+,20-,21?,22?,23?,24+/m1/s1. The zero-order valence-electron chi connectivity index (χ0n) is 19.6.